The van der Waals surface area contributed by atoms with Crippen LogP contribution in [0.5, 0.6) is 0 Å². The highest BCUT2D eigenvalue weighted by Gasteiger charge is 2.41. The molecule has 0 unspecified atom stereocenters. The number of methoxy groups -OCH3 is 1. The maximum atomic E-state index is 13.3. The molecule has 1 aliphatic heterocycles. The lowest BCUT2D eigenvalue weighted by Crippen LogP contribution is -2.51. The van der Waals surface area contributed by atoms with E-state index in [-0.39, 0.29) is 30.3 Å². The van der Waals surface area contributed by atoms with Crippen molar-refractivity contribution in [2.45, 2.75) is 32.4 Å². The van der Waals surface area contributed by atoms with E-state index in [9.17, 15) is 14.9 Å². The highest BCUT2D eigenvalue weighted by atomic mass is 16.5. The van der Waals surface area contributed by atoms with E-state index in [2.05, 4.69) is 32.7 Å². The van der Waals surface area contributed by atoms with Crippen LogP contribution in [-0.4, -0.2) is 46.6 Å². The van der Waals surface area contributed by atoms with Crippen molar-refractivity contribution in [3.8, 4) is 17.3 Å². The van der Waals surface area contributed by atoms with E-state index >= 15 is 0 Å². The first-order valence-electron chi connectivity index (χ1n) is 10.2. The van der Waals surface area contributed by atoms with Crippen molar-refractivity contribution >= 4 is 18.1 Å². The summed E-state index contributed by atoms with van der Waals surface area (Å²) in [7, 11) is 1.26. The van der Waals surface area contributed by atoms with Crippen molar-refractivity contribution in [2.24, 2.45) is 11.8 Å². The Bertz CT molecular complexity index is 989. The molecule has 0 saturated carbocycles. The summed E-state index contributed by atoms with van der Waals surface area (Å²) in [6.45, 7) is 7.75. The van der Waals surface area contributed by atoms with Crippen molar-refractivity contribution < 1.29 is 14.3 Å². The number of hydrogen-bond donors (Lipinski definition) is 2. The fourth-order valence-corrected chi connectivity index (χ4v) is 3.76. The van der Waals surface area contributed by atoms with Crippen LogP contribution >= 0.6 is 0 Å². The van der Waals surface area contributed by atoms with Crippen LogP contribution in [0.15, 0.2) is 37.0 Å². The number of nitriles is 1. The summed E-state index contributed by atoms with van der Waals surface area (Å²) < 4.78 is 4.67. The Morgan fingerprint density at radius 2 is 2.10 bits per heavy atom. The summed E-state index contributed by atoms with van der Waals surface area (Å²) in [5.74, 6) is -0.0878. The van der Waals surface area contributed by atoms with Gasteiger partial charge in [0.2, 0.25) is 5.91 Å². The fraction of sp³-hybridized carbons (Fsp3) is 0.391. The summed E-state index contributed by atoms with van der Waals surface area (Å²) in [5.41, 5.74) is 2.81. The second-order valence-electron chi connectivity index (χ2n) is 7.93. The van der Waals surface area contributed by atoms with Crippen LogP contribution in [0.2, 0.25) is 0 Å². The first kappa shape index (κ1) is 22.1. The normalized spacial score (nSPS) is 19.0. The third-order valence-electron chi connectivity index (χ3n) is 5.53. The number of ether oxygens (including phenoxy) is 1. The van der Waals surface area contributed by atoms with Gasteiger partial charge >= 0.3 is 6.09 Å². The molecular formula is C23H27N5O3. The summed E-state index contributed by atoms with van der Waals surface area (Å²) in [6.07, 6.45) is 3.32. The van der Waals surface area contributed by atoms with Gasteiger partial charge in [-0.05, 0) is 23.5 Å². The molecule has 3 rings (SSSR count). The number of aromatic amines is 1. The predicted octanol–water partition coefficient (Wildman–Crippen LogP) is 3.51. The largest absolute Gasteiger partial charge is 0.453 e. The lowest BCUT2D eigenvalue weighted by molar-refractivity contribution is -0.135. The fourth-order valence-electron chi connectivity index (χ4n) is 3.76. The number of rotatable bonds is 6. The lowest BCUT2D eigenvalue weighted by Gasteiger charge is -2.29. The average molecular weight is 422 g/mol. The van der Waals surface area contributed by atoms with E-state index in [0.717, 1.165) is 16.8 Å². The van der Waals surface area contributed by atoms with Crippen LogP contribution in [0, 0.1) is 23.2 Å². The van der Waals surface area contributed by atoms with Crippen LogP contribution < -0.4 is 5.32 Å². The zero-order chi connectivity index (χ0) is 22.5. The van der Waals surface area contributed by atoms with Crippen LogP contribution in [0.1, 0.15) is 37.7 Å². The van der Waals surface area contributed by atoms with Crippen LogP contribution in [0.4, 0.5) is 4.79 Å². The Labute approximate surface area is 181 Å². The highest BCUT2D eigenvalue weighted by Crippen LogP contribution is 2.35. The zero-order valence-electron chi connectivity index (χ0n) is 18.0. The first-order valence-corrected chi connectivity index (χ1v) is 10.2. The molecular weight excluding hydrogens is 394 g/mol. The number of amides is 2. The number of benzene rings is 1. The van der Waals surface area contributed by atoms with Crippen molar-refractivity contribution in [3.05, 3.63) is 48.4 Å². The molecule has 31 heavy (non-hydrogen) atoms. The molecule has 1 aromatic carbocycles. The molecule has 162 valence electrons. The SMILES string of the molecule is C=Cc1ccc(-c2cnc([C@@H]3C[C@@H](C#N)CN3C(=O)[C@@H](NC(=O)OC)C(C)C)[nH]2)cc1. The third-order valence-corrected chi connectivity index (χ3v) is 5.53. The molecule has 2 amide bonds. The van der Waals surface area contributed by atoms with E-state index in [1.54, 1.807) is 17.2 Å². The van der Waals surface area contributed by atoms with Gasteiger partial charge in [0.05, 0.1) is 37.0 Å². The number of carbonyl (C=O) groups excluding carboxylic acids is 2. The first-order chi connectivity index (χ1) is 14.9. The molecule has 3 atom stereocenters. The third kappa shape index (κ3) is 4.77. The molecule has 1 fully saturated rings. The predicted molar refractivity (Wildman–Crippen MR) is 116 cm³/mol. The lowest BCUT2D eigenvalue weighted by atomic mass is 10.0. The summed E-state index contributed by atoms with van der Waals surface area (Å²) >= 11 is 0. The van der Waals surface area contributed by atoms with Crippen LogP contribution in [-0.2, 0) is 9.53 Å². The minimum Gasteiger partial charge on any atom is -0.453 e. The van der Waals surface area contributed by atoms with Gasteiger partial charge in [0.25, 0.3) is 0 Å². The quantitative estimate of drug-likeness (QED) is 0.741. The minimum absolute atomic E-state index is 0.149. The molecule has 2 aromatic rings. The summed E-state index contributed by atoms with van der Waals surface area (Å²) in [6, 6.07) is 9.00. The molecule has 2 heterocycles. The summed E-state index contributed by atoms with van der Waals surface area (Å²) in [4.78, 5) is 34.5. The Morgan fingerprint density at radius 1 is 1.39 bits per heavy atom. The Morgan fingerprint density at radius 3 is 2.68 bits per heavy atom. The van der Waals surface area contributed by atoms with E-state index in [1.807, 2.05) is 38.1 Å². The number of alkyl carbamates (subject to hydrolysis) is 1. The summed E-state index contributed by atoms with van der Waals surface area (Å²) in [5, 5.41) is 12.1. The molecule has 1 aromatic heterocycles. The number of nitrogens with one attached hydrogen (secondary N) is 2. The van der Waals surface area contributed by atoms with E-state index in [1.165, 1.54) is 7.11 Å². The molecule has 1 aliphatic rings. The second kappa shape index (κ2) is 9.47. The second-order valence-corrected chi connectivity index (χ2v) is 7.93. The zero-order valence-corrected chi connectivity index (χ0v) is 18.0. The van der Waals surface area contributed by atoms with E-state index in [0.29, 0.717) is 12.2 Å². The molecule has 0 radical (unpaired) electrons. The molecule has 2 N–H and O–H groups in total. The van der Waals surface area contributed by atoms with E-state index < -0.39 is 12.1 Å². The van der Waals surface area contributed by atoms with Crippen molar-refractivity contribution in [1.82, 2.24) is 20.2 Å². The standard InChI is InChI=1S/C23H27N5O3/c1-5-15-6-8-17(9-7-15)18-12-25-21(26-18)19-10-16(11-24)13-28(19)22(29)20(14(2)3)27-23(30)31-4/h5-9,12,14,16,19-20H,1,10,13H2,2-4H3,(H,25,26)(H,27,30)/t16-,19-,20-/m0/s1. The van der Waals surface area contributed by atoms with Crippen LogP contribution in [0.25, 0.3) is 17.3 Å². The van der Waals surface area contributed by atoms with Gasteiger partial charge in [-0.1, -0.05) is 50.8 Å². The highest BCUT2D eigenvalue weighted by molar-refractivity contribution is 5.86. The number of nitrogens with zero attached hydrogens (tertiary/aromatic N) is 3. The maximum absolute atomic E-state index is 13.3. The van der Waals surface area contributed by atoms with Gasteiger partial charge < -0.3 is 19.9 Å². The minimum atomic E-state index is -0.756. The number of H-pyrrole nitrogens is 1. The average Bonchev–Trinajstić information content (AvgIpc) is 3.43. The number of imidazole rings is 1. The molecule has 0 aliphatic carbocycles. The van der Waals surface area contributed by atoms with Crippen molar-refractivity contribution in [3.63, 3.8) is 0 Å². The molecule has 0 spiro atoms. The van der Waals surface area contributed by atoms with Gasteiger partial charge in [-0.3, -0.25) is 4.79 Å². The monoisotopic (exact) mass is 421 g/mol. The topological polar surface area (TPSA) is 111 Å². The Balaban J connectivity index is 1.87. The number of hydrogen-bond acceptors (Lipinski definition) is 5. The smallest absolute Gasteiger partial charge is 0.407 e. The molecule has 8 nitrogen and oxygen atoms in total. The van der Waals surface area contributed by atoms with Gasteiger partial charge in [0, 0.05) is 6.54 Å². The molecule has 8 heteroatoms. The van der Waals surface area contributed by atoms with Crippen molar-refractivity contribution in [1.29, 1.82) is 5.26 Å². The number of aromatic nitrogens is 2. The number of carbonyl (C=O) groups is 2. The van der Waals surface area contributed by atoms with E-state index in [4.69, 9.17) is 0 Å². The Hall–Kier alpha value is -3.60. The molecule has 0 bridgehead atoms. The van der Waals surface area contributed by atoms with Gasteiger partial charge in [0.1, 0.15) is 11.9 Å². The van der Waals surface area contributed by atoms with Gasteiger partial charge in [-0.25, -0.2) is 9.78 Å². The maximum Gasteiger partial charge on any atom is 0.407 e. The van der Waals surface area contributed by atoms with Gasteiger partial charge in [-0.15, -0.1) is 0 Å². The van der Waals surface area contributed by atoms with Crippen LogP contribution in [0.3, 0.4) is 0 Å². The Kier molecular flexibility index (Phi) is 6.75. The molecule has 1 saturated heterocycles. The van der Waals surface area contributed by atoms with Crippen molar-refractivity contribution in [2.75, 3.05) is 13.7 Å². The van der Waals surface area contributed by atoms with Gasteiger partial charge in [-0.2, -0.15) is 5.26 Å². The van der Waals surface area contributed by atoms with Gasteiger partial charge in [0.15, 0.2) is 0 Å². The number of likely N-dealkylation sites (tertiary alicyclic amines) is 1.